The number of hydrogen-bond acceptors (Lipinski definition) is 6. The molecule has 0 aliphatic heterocycles. The SMILES string of the molecule is CCOc1ccc(C)cc1S(=O)(=O)NCc1ccc(C(O)c2ccsc2)s1. The van der Waals surface area contributed by atoms with Crippen molar-refractivity contribution in [2.75, 3.05) is 6.61 Å². The molecule has 0 fully saturated rings. The van der Waals surface area contributed by atoms with Crippen molar-refractivity contribution in [3.8, 4) is 5.75 Å². The highest BCUT2D eigenvalue weighted by atomic mass is 32.2. The van der Waals surface area contributed by atoms with E-state index in [9.17, 15) is 13.5 Å². The van der Waals surface area contributed by atoms with Crippen molar-refractivity contribution in [2.24, 2.45) is 0 Å². The van der Waals surface area contributed by atoms with Gasteiger partial charge in [-0.1, -0.05) is 6.07 Å². The predicted molar refractivity (Wildman–Crippen MR) is 109 cm³/mol. The summed E-state index contributed by atoms with van der Waals surface area (Å²) in [5.74, 6) is 0.343. The molecule has 5 nitrogen and oxygen atoms in total. The van der Waals surface area contributed by atoms with Gasteiger partial charge in [-0.2, -0.15) is 11.3 Å². The van der Waals surface area contributed by atoms with Crippen LogP contribution in [-0.4, -0.2) is 20.1 Å². The average molecular weight is 424 g/mol. The van der Waals surface area contributed by atoms with Gasteiger partial charge >= 0.3 is 0 Å². The number of aliphatic hydroxyl groups excluding tert-OH is 1. The van der Waals surface area contributed by atoms with E-state index in [4.69, 9.17) is 4.74 Å². The molecule has 0 bridgehead atoms. The van der Waals surface area contributed by atoms with Crippen molar-refractivity contribution in [1.82, 2.24) is 4.72 Å². The van der Waals surface area contributed by atoms with Crippen molar-refractivity contribution in [2.45, 2.75) is 31.4 Å². The van der Waals surface area contributed by atoms with Crippen LogP contribution in [0.4, 0.5) is 0 Å². The third-order valence-corrected chi connectivity index (χ3v) is 7.20. The Morgan fingerprint density at radius 2 is 2.04 bits per heavy atom. The molecule has 2 aromatic heterocycles. The molecule has 0 radical (unpaired) electrons. The molecular formula is C19H21NO4S3. The van der Waals surface area contributed by atoms with Gasteiger partial charge in [-0.15, -0.1) is 11.3 Å². The van der Waals surface area contributed by atoms with Crippen LogP contribution in [0.1, 0.15) is 33.9 Å². The standard InChI is InChI=1S/C19H21NO4S3/c1-3-24-16-6-4-13(2)10-18(16)27(22,23)20-11-15-5-7-17(26-15)19(21)14-8-9-25-12-14/h4-10,12,19-21H,3,11H2,1-2H3. The topological polar surface area (TPSA) is 75.6 Å². The van der Waals surface area contributed by atoms with Gasteiger partial charge in [-0.05, 0) is 66.1 Å². The van der Waals surface area contributed by atoms with Crippen LogP contribution in [0, 0.1) is 6.92 Å². The molecule has 0 saturated carbocycles. The summed E-state index contributed by atoms with van der Waals surface area (Å²) in [4.78, 5) is 1.75. The van der Waals surface area contributed by atoms with Crippen LogP contribution in [0.25, 0.3) is 0 Å². The van der Waals surface area contributed by atoms with Gasteiger partial charge < -0.3 is 9.84 Å². The monoisotopic (exact) mass is 423 g/mol. The Labute approximate surface area is 167 Å². The summed E-state index contributed by atoms with van der Waals surface area (Å²) in [5, 5.41) is 14.2. The molecule has 2 N–H and O–H groups in total. The Morgan fingerprint density at radius 3 is 2.74 bits per heavy atom. The van der Waals surface area contributed by atoms with Gasteiger partial charge in [0, 0.05) is 16.3 Å². The first-order chi connectivity index (χ1) is 12.9. The fraction of sp³-hybridized carbons (Fsp3) is 0.263. The molecule has 0 aliphatic carbocycles. The maximum Gasteiger partial charge on any atom is 0.244 e. The Kier molecular flexibility index (Phi) is 6.33. The molecule has 0 amide bonds. The van der Waals surface area contributed by atoms with Gasteiger partial charge in [-0.3, -0.25) is 0 Å². The molecule has 1 aromatic carbocycles. The van der Waals surface area contributed by atoms with Gasteiger partial charge in [0.25, 0.3) is 0 Å². The van der Waals surface area contributed by atoms with Crippen LogP contribution in [0.2, 0.25) is 0 Å². The van der Waals surface area contributed by atoms with Gasteiger partial charge in [0.1, 0.15) is 16.7 Å². The van der Waals surface area contributed by atoms with Gasteiger partial charge in [-0.25, -0.2) is 13.1 Å². The van der Waals surface area contributed by atoms with E-state index in [0.29, 0.717) is 12.4 Å². The molecule has 0 aliphatic rings. The third kappa shape index (κ3) is 4.77. The van der Waals surface area contributed by atoms with Crippen molar-refractivity contribution in [1.29, 1.82) is 0 Å². The average Bonchev–Trinajstić information content (AvgIpc) is 3.33. The number of sulfonamides is 1. The first-order valence-electron chi connectivity index (χ1n) is 8.42. The number of ether oxygens (including phenoxy) is 1. The second-order valence-electron chi connectivity index (χ2n) is 5.97. The first-order valence-corrected chi connectivity index (χ1v) is 11.7. The minimum Gasteiger partial charge on any atom is -0.492 e. The third-order valence-electron chi connectivity index (χ3n) is 3.94. The van der Waals surface area contributed by atoms with Crippen molar-refractivity contribution in [3.05, 3.63) is 68.0 Å². The number of thiophene rings is 2. The highest BCUT2D eigenvalue weighted by Gasteiger charge is 2.20. The smallest absolute Gasteiger partial charge is 0.244 e. The minimum absolute atomic E-state index is 0.138. The lowest BCUT2D eigenvalue weighted by Crippen LogP contribution is -2.23. The fourth-order valence-electron chi connectivity index (χ4n) is 2.58. The summed E-state index contributed by atoms with van der Waals surface area (Å²) >= 11 is 2.92. The summed E-state index contributed by atoms with van der Waals surface area (Å²) in [7, 11) is -3.72. The van der Waals surface area contributed by atoms with Gasteiger partial charge in [0.05, 0.1) is 6.61 Å². The number of benzene rings is 1. The lowest BCUT2D eigenvalue weighted by Gasteiger charge is -2.12. The maximum atomic E-state index is 12.7. The van der Waals surface area contributed by atoms with Crippen LogP contribution in [0.3, 0.4) is 0 Å². The molecule has 3 aromatic rings. The van der Waals surface area contributed by atoms with Crippen LogP contribution >= 0.6 is 22.7 Å². The summed E-state index contributed by atoms with van der Waals surface area (Å²) in [6.07, 6.45) is -0.687. The fourth-order valence-corrected chi connectivity index (χ4v) is 5.55. The second kappa shape index (κ2) is 8.53. The molecule has 27 heavy (non-hydrogen) atoms. The molecule has 144 valence electrons. The van der Waals surface area contributed by atoms with E-state index in [0.717, 1.165) is 20.9 Å². The molecule has 0 saturated heterocycles. The summed E-state index contributed by atoms with van der Waals surface area (Å²) < 4.78 is 33.6. The molecule has 8 heteroatoms. The van der Waals surface area contributed by atoms with Gasteiger partial charge in [0.15, 0.2) is 0 Å². The van der Waals surface area contributed by atoms with Crippen LogP contribution < -0.4 is 9.46 Å². The summed E-state index contributed by atoms with van der Waals surface area (Å²) in [5.41, 5.74) is 1.69. The number of rotatable bonds is 8. The zero-order valence-electron chi connectivity index (χ0n) is 15.0. The molecule has 2 heterocycles. The zero-order chi connectivity index (χ0) is 19.4. The molecule has 1 atom stereocenters. The van der Waals surface area contributed by atoms with E-state index in [1.165, 1.54) is 22.7 Å². The van der Waals surface area contributed by atoms with Crippen LogP contribution in [0.15, 0.2) is 52.1 Å². The van der Waals surface area contributed by atoms with Gasteiger partial charge in [0.2, 0.25) is 10.0 Å². The first kappa shape index (κ1) is 20.0. The Morgan fingerprint density at radius 1 is 1.22 bits per heavy atom. The molecule has 3 rings (SSSR count). The van der Waals surface area contributed by atoms with Crippen LogP contribution in [0.5, 0.6) is 5.75 Å². The maximum absolute atomic E-state index is 12.7. The zero-order valence-corrected chi connectivity index (χ0v) is 17.5. The molecular weight excluding hydrogens is 402 g/mol. The van der Waals surface area contributed by atoms with E-state index < -0.39 is 16.1 Å². The van der Waals surface area contributed by atoms with E-state index in [1.807, 2.05) is 48.9 Å². The summed E-state index contributed by atoms with van der Waals surface area (Å²) in [6.45, 7) is 4.20. The highest BCUT2D eigenvalue weighted by Crippen LogP contribution is 2.30. The molecule has 1 unspecified atom stereocenters. The Balaban J connectivity index is 1.74. The second-order valence-corrected chi connectivity index (χ2v) is 9.69. The largest absolute Gasteiger partial charge is 0.492 e. The lowest BCUT2D eigenvalue weighted by atomic mass is 10.2. The Bertz CT molecular complexity index is 994. The van der Waals surface area contributed by atoms with E-state index in [1.54, 1.807) is 12.1 Å². The van der Waals surface area contributed by atoms with E-state index in [2.05, 4.69) is 4.72 Å². The van der Waals surface area contributed by atoms with E-state index >= 15 is 0 Å². The normalized spacial score (nSPS) is 12.9. The number of hydrogen-bond donors (Lipinski definition) is 2. The molecule has 0 spiro atoms. The number of aliphatic hydroxyl groups is 1. The lowest BCUT2D eigenvalue weighted by molar-refractivity contribution is 0.224. The van der Waals surface area contributed by atoms with Crippen molar-refractivity contribution >= 4 is 32.7 Å². The van der Waals surface area contributed by atoms with Crippen molar-refractivity contribution in [3.63, 3.8) is 0 Å². The highest BCUT2D eigenvalue weighted by molar-refractivity contribution is 7.89. The quantitative estimate of drug-likeness (QED) is 0.572. The Hall–Kier alpha value is -1.71. The number of nitrogens with one attached hydrogen (secondary N) is 1. The van der Waals surface area contributed by atoms with E-state index in [-0.39, 0.29) is 11.4 Å². The number of aryl methyl sites for hydroxylation is 1. The van der Waals surface area contributed by atoms with Crippen molar-refractivity contribution < 1.29 is 18.3 Å². The van der Waals surface area contributed by atoms with Crippen LogP contribution in [-0.2, 0) is 16.6 Å². The summed E-state index contributed by atoms with van der Waals surface area (Å²) in [6, 6.07) is 10.6. The predicted octanol–water partition coefficient (Wildman–Crippen LogP) is 4.08. The minimum atomic E-state index is -3.72.